The van der Waals surface area contributed by atoms with Gasteiger partial charge in [0.2, 0.25) is 5.91 Å². The summed E-state index contributed by atoms with van der Waals surface area (Å²) >= 11 is 0. The Balaban J connectivity index is 1.56. The molecule has 7 nitrogen and oxygen atoms in total. The highest BCUT2D eigenvalue weighted by atomic mass is 16.2. The van der Waals surface area contributed by atoms with Crippen molar-refractivity contribution >= 4 is 28.5 Å². The number of likely N-dealkylation sites (N-methyl/N-ethyl adjacent to an activating group) is 1. The molecule has 0 radical (unpaired) electrons. The number of amides is 2. The van der Waals surface area contributed by atoms with Crippen molar-refractivity contribution in [2.75, 3.05) is 11.9 Å². The van der Waals surface area contributed by atoms with Gasteiger partial charge in [0.25, 0.3) is 5.91 Å². The largest absolute Gasteiger partial charge is 0.358 e. The lowest BCUT2D eigenvalue weighted by atomic mass is 10.0. The topological polar surface area (TPSA) is 91.0 Å². The van der Waals surface area contributed by atoms with Crippen molar-refractivity contribution in [1.29, 1.82) is 0 Å². The number of para-hydroxylation sites is 1. The summed E-state index contributed by atoms with van der Waals surface area (Å²) in [6, 6.07) is 20.2. The van der Waals surface area contributed by atoms with E-state index in [0.717, 1.165) is 27.7 Å². The van der Waals surface area contributed by atoms with Crippen LogP contribution in [0.2, 0.25) is 0 Å². The molecule has 0 aliphatic carbocycles. The van der Waals surface area contributed by atoms with Gasteiger partial charge in [-0.25, -0.2) is 0 Å². The summed E-state index contributed by atoms with van der Waals surface area (Å²) in [5.41, 5.74) is 3.84. The fraction of sp³-hybridized carbons (Fsp3) is 0.200. The number of hydrogen-bond acceptors (Lipinski definition) is 4. The van der Waals surface area contributed by atoms with Crippen LogP contribution in [0.3, 0.4) is 0 Å². The van der Waals surface area contributed by atoms with E-state index in [9.17, 15) is 9.59 Å². The van der Waals surface area contributed by atoms with Crippen LogP contribution in [0.15, 0.2) is 72.9 Å². The van der Waals surface area contributed by atoms with Crippen LogP contribution in [-0.4, -0.2) is 40.1 Å². The summed E-state index contributed by atoms with van der Waals surface area (Å²) < 4.78 is 0. The number of fused-ring (bicyclic) bond motifs is 1. The Morgan fingerprint density at radius 3 is 2.53 bits per heavy atom. The highest BCUT2D eigenvalue weighted by molar-refractivity contribution is 5.99. The van der Waals surface area contributed by atoms with Crippen LogP contribution in [0.4, 0.5) is 5.82 Å². The van der Waals surface area contributed by atoms with E-state index in [-0.39, 0.29) is 18.2 Å². The summed E-state index contributed by atoms with van der Waals surface area (Å²) in [6.07, 6.45) is 2.11. The number of nitrogens with one attached hydrogen (secondary N) is 2. The van der Waals surface area contributed by atoms with E-state index in [0.29, 0.717) is 12.2 Å². The SMILES string of the molecule is Cc1[nH]c2ccccc2c1CC(=O)N[C@@H](Cc1ccccc1)C(=O)N(C)c1cccnn1. The van der Waals surface area contributed by atoms with Crippen LogP contribution < -0.4 is 10.2 Å². The summed E-state index contributed by atoms with van der Waals surface area (Å²) in [5.74, 6) is -0.0321. The van der Waals surface area contributed by atoms with Crippen molar-refractivity contribution in [2.24, 2.45) is 0 Å². The zero-order valence-electron chi connectivity index (χ0n) is 18.1. The van der Waals surface area contributed by atoms with Gasteiger partial charge in [0.05, 0.1) is 6.42 Å². The van der Waals surface area contributed by atoms with Crippen molar-refractivity contribution in [3.05, 3.63) is 89.7 Å². The van der Waals surface area contributed by atoms with Gasteiger partial charge in [0, 0.05) is 36.3 Å². The molecule has 0 fully saturated rings. The Kier molecular flexibility index (Phi) is 6.26. The van der Waals surface area contributed by atoms with Gasteiger partial charge in [-0.15, -0.1) is 5.10 Å². The minimum atomic E-state index is -0.734. The number of benzene rings is 2. The molecule has 1 atom stereocenters. The van der Waals surface area contributed by atoms with E-state index in [1.807, 2.05) is 61.5 Å². The first kappa shape index (κ1) is 21.2. The number of hydrogen-bond donors (Lipinski definition) is 2. The quantitative estimate of drug-likeness (QED) is 0.474. The van der Waals surface area contributed by atoms with Crippen molar-refractivity contribution in [2.45, 2.75) is 25.8 Å². The highest BCUT2D eigenvalue weighted by Gasteiger charge is 2.26. The molecular formula is C25H25N5O2. The molecule has 0 unspecified atom stereocenters. The Hall–Kier alpha value is -4.00. The van der Waals surface area contributed by atoms with Crippen LogP contribution in [0.1, 0.15) is 16.8 Å². The van der Waals surface area contributed by atoms with Crippen molar-refractivity contribution < 1.29 is 9.59 Å². The minimum Gasteiger partial charge on any atom is -0.358 e. The number of rotatable bonds is 7. The molecule has 4 rings (SSSR count). The smallest absolute Gasteiger partial charge is 0.250 e. The first-order chi connectivity index (χ1) is 15.5. The zero-order valence-corrected chi connectivity index (χ0v) is 18.1. The second-order valence-corrected chi connectivity index (χ2v) is 7.74. The summed E-state index contributed by atoms with van der Waals surface area (Å²) in [6.45, 7) is 1.96. The fourth-order valence-electron chi connectivity index (χ4n) is 3.84. The molecule has 162 valence electrons. The maximum atomic E-state index is 13.3. The predicted molar refractivity (Wildman–Crippen MR) is 124 cm³/mol. The molecule has 2 heterocycles. The molecule has 2 N–H and O–H groups in total. The maximum Gasteiger partial charge on any atom is 0.250 e. The molecular weight excluding hydrogens is 402 g/mol. The van der Waals surface area contributed by atoms with Gasteiger partial charge >= 0.3 is 0 Å². The second-order valence-electron chi connectivity index (χ2n) is 7.74. The third kappa shape index (κ3) is 4.67. The predicted octanol–water partition coefficient (Wildman–Crippen LogP) is 3.20. The van der Waals surface area contributed by atoms with E-state index in [1.165, 1.54) is 4.90 Å². The number of nitrogens with zero attached hydrogens (tertiary/aromatic N) is 3. The van der Waals surface area contributed by atoms with E-state index in [2.05, 4.69) is 20.5 Å². The monoisotopic (exact) mass is 427 g/mol. The minimum absolute atomic E-state index is 0.184. The average molecular weight is 428 g/mol. The number of aryl methyl sites for hydroxylation is 1. The molecule has 0 aliphatic heterocycles. The van der Waals surface area contributed by atoms with Crippen LogP contribution in [-0.2, 0) is 22.4 Å². The van der Waals surface area contributed by atoms with E-state index in [1.54, 1.807) is 25.4 Å². The van der Waals surface area contributed by atoms with E-state index in [4.69, 9.17) is 0 Å². The molecule has 0 spiro atoms. The van der Waals surface area contributed by atoms with Crippen LogP contribution in [0, 0.1) is 6.92 Å². The van der Waals surface area contributed by atoms with Crippen molar-refractivity contribution in [3.8, 4) is 0 Å². The number of carbonyl (C=O) groups excluding carboxylic acids is 2. The molecule has 32 heavy (non-hydrogen) atoms. The van der Waals surface area contributed by atoms with Crippen molar-refractivity contribution in [3.63, 3.8) is 0 Å². The van der Waals surface area contributed by atoms with Crippen LogP contribution in [0.25, 0.3) is 10.9 Å². The van der Waals surface area contributed by atoms with Gasteiger partial charge in [0.1, 0.15) is 6.04 Å². The molecule has 2 amide bonds. The maximum absolute atomic E-state index is 13.3. The van der Waals surface area contributed by atoms with Gasteiger partial charge in [-0.1, -0.05) is 48.5 Å². The molecule has 4 aromatic rings. The van der Waals surface area contributed by atoms with Gasteiger partial charge in [-0.05, 0) is 36.2 Å². The first-order valence-corrected chi connectivity index (χ1v) is 10.5. The molecule has 2 aromatic heterocycles. The van der Waals surface area contributed by atoms with Gasteiger partial charge in [0.15, 0.2) is 5.82 Å². The van der Waals surface area contributed by atoms with Crippen molar-refractivity contribution in [1.82, 2.24) is 20.5 Å². The molecule has 0 bridgehead atoms. The lowest BCUT2D eigenvalue weighted by molar-refractivity contribution is -0.127. The standard InChI is InChI=1S/C25H25N5O2/c1-17-20(19-11-6-7-12-21(19)27-17)16-24(31)28-22(15-18-9-4-3-5-10-18)25(32)30(2)23-13-8-14-26-29-23/h3-14,22,27H,15-16H2,1-2H3,(H,28,31)/t22-/m0/s1. The van der Waals surface area contributed by atoms with Crippen LogP contribution in [0.5, 0.6) is 0 Å². The zero-order chi connectivity index (χ0) is 22.5. The molecule has 0 saturated carbocycles. The Labute approximate surface area is 186 Å². The first-order valence-electron chi connectivity index (χ1n) is 10.5. The molecule has 2 aromatic carbocycles. The fourth-order valence-corrected chi connectivity index (χ4v) is 3.84. The van der Waals surface area contributed by atoms with Gasteiger partial charge < -0.3 is 10.3 Å². The summed E-state index contributed by atoms with van der Waals surface area (Å²) in [7, 11) is 1.64. The van der Waals surface area contributed by atoms with Gasteiger partial charge in [-0.2, -0.15) is 5.10 Å². The number of anilines is 1. The summed E-state index contributed by atoms with van der Waals surface area (Å²) in [4.78, 5) is 31.1. The number of H-pyrrole nitrogens is 1. The number of aromatic amines is 1. The lowest BCUT2D eigenvalue weighted by Crippen LogP contribution is -2.49. The van der Waals surface area contributed by atoms with Crippen LogP contribution >= 0.6 is 0 Å². The number of aromatic nitrogens is 3. The lowest BCUT2D eigenvalue weighted by Gasteiger charge is -2.24. The third-order valence-corrected chi connectivity index (χ3v) is 5.51. The van der Waals surface area contributed by atoms with E-state index >= 15 is 0 Å². The Morgan fingerprint density at radius 1 is 1.03 bits per heavy atom. The molecule has 0 saturated heterocycles. The van der Waals surface area contributed by atoms with Gasteiger partial charge in [-0.3, -0.25) is 14.5 Å². The Bertz CT molecular complexity index is 1220. The second kappa shape index (κ2) is 9.43. The average Bonchev–Trinajstić information content (AvgIpc) is 3.13. The normalized spacial score (nSPS) is 11.8. The Morgan fingerprint density at radius 2 is 1.78 bits per heavy atom. The van der Waals surface area contributed by atoms with E-state index < -0.39 is 6.04 Å². The third-order valence-electron chi connectivity index (χ3n) is 5.51. The highest BCUT2D eigenvalue weighted by Crippen LogP contribution is 2.22. The number of carbonyl (C=O) groups is 2. The molecule has 7 heteroatoms. The molecule has 0 aliphatic rings. The summed E-state index contributed by atoms with van der Waals surface area (Å²) in [5, 5.41) is 11.8.